The van der Waals surface area contributed by atoms with Gasteiger partial charge in [-0.05, 0) is 50.5 Å². The number of ether oxygens (including phenoxy) is 1. The van der Waals surface area contributed by atoms with E-state index in [1.54, 1.807) is 12.1 Å². The van der Waals surface area contributed by atoms with Gasteiger partial charge < -0.3 is 15.4 Å². The molecule has 0 bridgehead atoms. The third-order valence-electron chi connectivity index (χ3n) is 5.18. The molecule has 154 valence electrons. The van der Waals surface area contributed by atoms with Gasteiger partial charge >= 0.3 is 0 Å². The van der Waals surface area contributed by atoms with E-state index in [4.69, 9.17) is 4.74 Å². The van der Waals surface area contributed by atoms with Gasteiger partial charge in [0.1, 0.15) is 0 Å². The summed E-state index contributed by atoms with van der Waals surface area (Å²) in [5.41, 5.74) is 1.90. The predicted molar refractivity (Wildman–Crippen MR) is 115 cm³/mol. The summed E-state index contributed by atoms with van der Waals surface area (Å²) in [4.78, 5) is 27.6. The number of hydrogen-bond donors (Lipinski definition) is 2. The number of nitrogens with zero attached hydrogens (tertiary/aromatic N) is 1. The third kappa shape index (κ3) is 5.23. The number of nitrogens with one attached hydrogen (secondary N) is 2. The van der Waals surface area contributed by atoms with Crippen molar-refractivity contribution in [3.63, 3.8) is 0 Å². The molecule has 1 aliphatic heterocycles. The Hall–Kier alpha value is -2.22. The molecule has 2 N–H and O–H groups in total. The van der Waals surface area contributed by atoms with E-state index in [9.17, 15) is 9.59 Å². The van der Waals surface area contributed by atoms with Crippen molar-refractivity contribution in [2.45, 2.75) is 45.4 Å². The summed E-state index contributed by atoms with van der Waals surface area (Å²) in [6, 6.07) is 11.5. The van der Waals surface area contributed by atoms with Crippen LogP contribution in [0.4, 0.5) is 10.7 Å². The number of rotatable bonds is 6. The molecule has 2 amide bonds. The fourth-order valence-corrected chi connectivity index (χ4v) is 4.52. The molecule has 1 saturated carbocycles. The average Bonchev–Trinajstić information content (AvgIpc) is 3.42. The minimum Gasteiger partial charge on any atom is -0.373 e. The molecular weight excluding hydrogens is 386 g/mol. The van der Waals surface area contributed by atoms with Crippen LogP contribution in [0.15, 0.2) is 36.4 Å². The molecule has 2 atom stereocenters. The van der Waals surface area contributed by atoms with E-state index in [0.717, 1.165) is 48.7 Å². The van der Waals surface area contributed by atoms with Crippen molar-refractivity contribution in [1.29, 1.82) is 0 Å². The molecule has 0 radical (unpaired) electrons. The lowest BCUT2D eigenvalue weighted by Crippen LogP contribution is -2.44. The number of para-hydroxylation sites is 1. The van der Waals surface area contributed by atoms with Gasteiger partial charge in [0.05, 0.1) is 22.1 Å². The maximum absolute atomic E-state index is 12.8. The zero-order valence-corrected chi connectivity index (χ0v) is 17.6. The summed E-state index contributed by atoms with van der Waals surface area (Å²) in [6.07, 6.45) is 2.33. The maximum atomic E-state index is 12.8. The number of benzene rings is 1. The van der Waals surface area contributed by atoms with Crippen molar-refractivity contribution in [3.8, 4) is 0 Å². The van der Waals surface area contributed by atoms with Crippen LogP contribution in [0.3, 0.4) is 0 Å². The lowest BCUT2D eigenvalue weighted by atomic mass is 10.1. The summed E-state index contributed by atoms with van der Waals surface area (Å²) in [5, 5.41) is 6.66. The van der Waals surface area contributed by atoms with Gasteiger partial charge in [-0.2, -0.15) is 0 Å². The fraction of sp³-hybridized carbons (Fsp3) is 0.455. The number of hydrogen-bond acceptors (Lipinski definition) is 5. The van der Waals surface area contributed by atoms with Crippen LogP contribution in [0.2, 0.25) is 0 Å². The Morgan fingerprint density at radius 1 is 1.07 bits per heavy atom. The van der Waals surface area contributed by atoms with Crippen LogP contribution in [0, 0.1) is 5.92 Å². The number of anilines is 2. The molecule has 2 aromatic rings. The third-order valence-corrected chi connectivity index (χ3v) is 6.18. The monoisotopic (exact) mass is 413 g/mol. The molecule has 4 rings (SSSR count). The van der Waals surface area contributed by atoms with Crippen molar-refractivity contribution in [1.82, 2.24) is 4.90 Å². The first-order valence-corrected chi connectivity index (χ1v) is 11.0. The second-order valence-electron chi connectivity index (χ2n) is 7.99. The van der Waals surface area contributed by atoms with Gasteiger partial charge in [0, 0.05) is 31.2 Å². The predicted octanol–water partition coefficient (Wildman–Crippen LogP) is 3.96. The zero-order chi connectivity index (χ0) is 20.4. The average molecular weight is 414 g/mol. The first kappa shape index (κ1) is 20.1. The molecule has 1 aliphatic carbocycles. The van der Waals surface area contributed by atoms with E-state index in [0.29, 0.717) is 4.88 Å². The molecule has 2 heterocycles. The van der Waals surface area contributed by atoms with Gasteiger partial charge in [0.15, 0.2) is 0 Å². The number of carbonyl (C=O) groups is 2. The van der Waals surface area contributed by atoms with Crippen LogP contribution < -0.4 is 10.6 Å². The number of carbonyl (C=O) groups excluding carboxylic acids is 2. The lowest BCUT2D eigenvalue weighted by Gasteiger charge is -2.35. The molecule has 6 nitrogen and oxygen atoms in total. The van der Waals surface area contributed by atoms with Crippen molar-refractivity contribution >= 4 is 33.8 Å². The van der Waals surface area contributed by atoms with Gasteiger partial charge in [-0.25, -0.2) is 0 Å². The standard InChI is InChI=1S/C22H27N3O3S/c1-14-11-25(12-15(2)28-14)13-17-5-3-4-6-18(17)23-22(27)19-9-10-20(29-19)24-21(26)16-7-8-16/h3-6,9-10,14-16H,7-8,11-13H2,1-2H3,(H,23,27)(H,24,26). The van der Waals surface area contributed by atoms with Crippen LogP contribution in [-0.4, -0.2) is 42.0 Å². The maximum Gasteiger partial charge on any atom is 0.265 e. The van der Waals surface area contributed by atoms with Gasteiger partial charge in [-0.3, -0.25) is 14.5 Å². The number of thiophene rings is 1. The highest BCUT2D eigenvalue weighted by atomic mass is 32.1. The van der Waals surface area contributed by atoms with Crippen LogP contribution in [0.1, 0.15) is 41.9 Å². The Morgan fingerprint density at radius 3 is 2.52 bits per heavy atom. The quantitative estimate of drug-likeness (QED) is 0.752. The van der Waals surface area contributed by atoms with E-state index < -0.39 is 0 Å². The molecule has 0 spiro atoms. The Kier molecular flexibility index (Phi) is 5.99. The number of morpholine rings is 1. The van der Waals surface area contributed by atoms with Gasteiger partial charge in [-0.1, -0.05) is 18.2 Å². The topological polar surface area (TPSA) is 70.7 Å². The largest absolute Gasteiger partial charge is 0.373 e. The molecule has 1 saturated heterocycles. The normalized spacial score (nSPS) is 22.3. The van der Waals surface area contributed by atoms with E-state index in [-0.39, 0.29) is 29.9 Å². The molecule has 1 aromatic heterocycles. The highest BCUT2D eigenvalue weighted by Crippen LogP contribution is 2.32. The molecule has 7 heteroatoms. The molecule has 2 unspecified atom stereocenters. The van der Waals surface area contributed by atoms with E-state index >= 15 is 0 Å². The Bertz CT molecular complexity index is 883. The highest BCUT2D eigenvalue weighted by molar-refractivity contribution is 7.18. The van der Waals surface area contributed by atoms with Crippen molar-refractivity contribution in [3.05, 3.63) is 46.8 Å². The van der Waals surface area contributed by atoms with Gasteiger partial charge in [-0.15, -0.1) is 11.3 Å². The van der Waals surface area contributed by atoms with Crippen molar-refractivity contribution in [2.75, 3.05) is 23.7 Å². The zero-order valence-electron chi connectivity index (χ0n) is 16.8. The first-order chi connectivity index (χ1) is 14.0. The first-order valence-electron chi connectivity index (χ1n) is 10.2. The molecule has 2 fully saturated rings. The van der Waals surface area contributed by atoms with E-state index in [1.165, 1.54) is 11.3 Å². The van der Waals surface area contributed by atoms with E-state index in [1.807, 2.05) is 18.2 Å². The smallest absolute Gasteiger partial charge is 0.265 e. The van der Waals surface area contributed by atoms with Crippen LogP contribution >= 0.6 is 11.3 Å². The van der Waals surface area contributed by atoms with Crippen LogP contribution in [0.25, 0.3) is 0 Å². The molecule has 29 heavy (non-hydrogen) atoms. The minimum atomic E-state index is -0.155. The lowest BCUT2D eigenvalue weighted by molar-refractivity contribution is -0.117. The Labute approximate surface area is 175 Å². The van der Waals surface area contributed by atoms with Crippen molar-refractivity contribution in [2.24, 2.45) is 5.92 Å². The summed E-state index contributed by atoms with van der Waals surface area (Å²) in [7, 11) is 0. The fourth-order valence-electron chi connectivity index (χ4n) is 3.71. The van der Waals surface area contributed by atoms with Crippen LogP contribution in [-0.2, 0) is 16.1 Å². The minimum absolute atomic E-state index is 0.0538. The Morgan fingerprint density at radius 2 is 1.79 bits per heavy atom. The summed E-state index contributed by atoms with van der Waals surface area (Å²) < 4.78 is 5.82. The summed E-state index contributed by atoms with van der Waals surface area (Å²) in [6.45, 7) is 6.70. The molecular formula is C22H27N3O3S. The van der Waals surface area contributed by atoms with Crippen LogP contribution in [0.5, 0.6) is 0 Å². The van der Waals surface area contributed by atoms with Gasteiger partial charge in [0.25, 0.3) is 5.91 Å². The highest BCUT2D eigenvalue weighted by Gasteiger charge is 2.30. The summed E-state index contributed by atoms with van der Waals surface area (Å²) in [5.74, 6) is 0.0445. The summed E-state index contributed by atoms with van der Waals surface area (Å²) >= 11 is 1.30. The van der Waals surface area contributed by atoms with Crippen molar-refractivity contribution < 1.29 is 14.3 Å². The Balaban J connectivity index is 1.41. The molecule has 1 aromatic carbocycles. The molecule has 2 aliphatic rings. The second kappa shape index (κ2) is 8.65. The van der Waals surface area contributed by atoms with Gasteiger partial charge in [0.2, 0.25) is 5.91 Å². The number of amides is 2. The van der Waals surface area contributed by atoms with E-state index in [2.05, 4.69) is 35.4 Å². The SMILES string of the molecule is CC1CN(Cc2ccccc2NC(=O)c2ccc(NC(=O)C3CC3)s2)CC(C)O1. The second-order valence-corrected chi connectivity index (χ2v) is 9.07.